The molecule has 1 aromatic carbocycles. The van der Waals surface area contributed by atoms with Gasteiger partial charge in [-0.1, -0.05) is 25.0 Å². The van der Waals surface area contributed by atoms with Gasteiger partial charge in [-0.05, 0) is 43.5 Å². The molecule has 0 aromatic heterocycles. The lowest BCUT2D eigenvalue weighted by molar-refractivity contribution is -0.154. The van der Waals surface area contributed by atoms with Gasteiger partial charge in [0.1, 0.15) is 0 Å². The van der Waals surface area contributed by atoms with Crippen LogP contribution >= 0.6 is 0 Å². The van der Waals surface area contributed by atoms with Crippen LogP contribution in [0.3, 0.4) is 0 Å². The Hall–Kier alpha value is -2.81. The number of esters is 1. The van der Waals surface area contributed by atoms with Crippen molar-refractivity contribution in [2.75, 3.05) is 31.6 Å². The molecule has 1 aromatic rings. The molecular formula is C22H29N3O3. The van der Waals surface area contributed by atoms with Crippen LogP contribution in [-0.2, 0) is 14.3 Å². The van der Waals surface area contributed by atoms with E-state index in [2.05, 4.69) is 17.0 Å². The van der Waals surface area contributed by atoms with Crippen molar-refractivity contribution < 1.29 is 14.3 Å². The topological polar surface area (TPSA) is 73.6 Å². The molecule has 1 atom stereocenters. The Bertz CT molecular complexity index is 714. The summed E-state index contributed by atoms with van der Waals surface area (Å²) in [5.74, 6) is -0.884. The van der Waals surface area contributed by atoms with Crippen molar-refractivity contribution >= 4 is 23.6 Å². The van der Waals surface area contributed by atoms with Crippen LogP contribution in [0.15, 0.2) is 30.3 Å². The Morgan fingerprint density at radius 2 is 1.86 bits per heavy atom. The van der Waals surface area contributed by atoms with Gasteiger partial charge in [0.25, 0.3) is 5.91 Å². The van der Waals surface area contributed by atoms with E-state index in [9.17, 15) is 9.59 Å². The zero-order valence-corrected chi connectivity index (χ0v) is 16.8. The van der Waals surface area contributed by atoms with Crippen LogP contribution in [0.25, 0.3) is 6.08 Å². The van der Waals surface area contributed by atoms with Gasteiger partial charge in [-0.2, -0.15) is 5.26 Å². The van der Waals surface area contributed by atoms with Gasteiger partial charge in [-0.15, -0.1) is 0 Å². The van der Waals surface area contributed by atoms with Crippen LogP contribution in [0.1, 0.15) is 44.6 Å². The van der Waals surface area contributed by atoms with Gasteiger partial charge in [-0.3, -0.25) is 4.79 Å². The lowest BCUT2D eigenvalue weighted by Gasteiger charge is -2.22. The molecule has 1 aliphatic heterocycles. The number of hydrogen-bond donors (Lipinski definition) is 0. The third kappa shape index (κ3) is 6.73. The molecule has 0 N–H and O–H groups in total. The molecule has 2 rings (SSSR count). The van der Waals surface area contributed by atoms with Gasteiger partial charge in [0.15, 0.2) is 6.10 Å². The molecule has 6 heteroatoms. The van der Waals surface area contributed by atoms with Crippen LogP contribution in [0.2, 0.25) is 0 Å². The maximum Gasteiger partial charge on any atom is 0.331 e. The number of hydrogen-bond acceptors (Lipinski definition) is 5. The second kappa shape index (κ2) is 11.1. The van der Waals surface area contributed by atoms with E-state index < -0.39 is 12.1 Å². The summed E-state index contributed by atoms with van der Waals surface area (Å²) in [6, 6.07) is 10.1. The predicted molar refractivity (Wildman–Crippen MR) is 110 cm³/mol. The quantitative estimate of drug-likeness (QED) is 0.533. The molecule has 1 aliphatic rings. The highest BCUT2D eigenvalue weighted by Gasteiger charge is 2.20. The molecule has 0 spiro atoms. The average molecular weight is 383 g/mol. The fourth-order valence-corrected chi connectivity index (χ4v) is 3.19. The first-order valence-electron chi connectivity index (χ1n) is 9.87. The van der Waals surface area contributed by atoms with Crippen LogP contribution in [0, 0.1) is 11.3 Å². The molecule has 150 valence electrons. The lowest BCUT2D eigenvalue weighted by atomic mass is 10.1. The molecular weight excluding hydrogens is 354 g/mol. The van der Waals surface area contributed by atoms with E-state index in [4.69, 9.17) is 10.00 Å². The van der Waals surface area contributed by atoms with Crippen molar-refractivity contribution in [2.24, 2.45) is 0 Å². The van der Waals surface area contributed by atoms with Crippen molar-refractivity contribution in [3.63, 3.8) is 0 Å². The minimum atomic E-state index is -0.883. The third-order valence-electron chi connectivity index (χ3n) is 4.85. The van der Waals surface area contributed by atoms with Gasteiger partial charge in [0, 0.05) is 38.4 Å². The fraction of sp³-hybridized carbons (Fsp3) is 0.500. The second-order valence-corrected chi connectivity index (χ2v) is 7.07. The highest BCUT2D eigenvalue weighted by atomic mass is 16.5. The predicted octanol–water partition coefficient (Wildman–Crippen LogP) is 3.38. The summed E-state index contributed by atoms with van der Waals surface area (Å²) in [6.07, 6.45) is 7.45. The van der Waals surface area contributed by atoms with E-state index in [1.165, 1.54) is 49.3 Å². The Balaban J connectivity index is 1.86. The van der Waals surface area contributed by atoms with Crippen molar-refractivity contribution in [1.82, 2.24) is 4.90 Å². The number of nitriles is 1. The zero-order chi connectivity index (χ0) is 20.4. The summed E-state index contributed by atoms with van der Waals surface area (Å²) in [6.45, 7) is 4.04. The molecule has 0 radical (unpaired) electrons. The summed E-state index contributed by atoms with van der Waals surface area (Å²) in [4.78, 5) is 27.9. The Kier molecular flexibility index (Phi) is 8.54. The number of benzene rings is 1. The molecule has 1 saturated heterocycles. The van der Waals surface area contributed by atoms with Crippen molar-refractivity contribution in [3.05, 3.63) is 35.9 Å². The monoisotopic (exact) mass is 383 g/mol. The van der Waals surface area contributed by atoms with E-state index in [0.717, 1.165) is 18.7 Å². The van der Waals surface area contributed by atoms with E-state index in [1.807, 2.05) is 18.2 Å². The number of anilines is 1. The fourth-order valence-electron chi connectivity index (χ4n) is 3.19. The van der Waals surface area contributed by atoms with Gasteiger partial charge >= 0.3 is 5.97 Å². The van der Waals surface area contributed by atoms with Crippen LogP contribution in [0.4, 0.5) is 5.69 Å². The number of likely N-dealkylation sites (N-methyl/N-ethyl adjacent to an activating group) is 1. The first-order chi connectivity index (χ1) is 13.5. The molecule has 0 unspecified atom stereocenters. The highest BCUT2D eigenvalue weighted by Crippen LogP contribution is 2.20. The van der Waals surface area contributed by atoms with E-state index >= 15 is 0 Å². The molecule has 0 aliphatic carbocycles. The van der Waals surface area contributed by atoms with Gasteiger partial charge < -0.3 is 14.5 Å². The van der Waals surface area contributed by atoms with Gasteiger partial charge in [0.2, 0.25) is 0 Å². The number of rotatable bonds is 7. The summed E-state index contributed by atoms with van der Waals surface area (Å²) >= 11 is 0. The van der Waals surface area contributed by atoms with Crippen molar-refractivity contribution in [2.45, 2.75) is 45.1 Å². The van der Waals surface area contributed by atoms with E-state index in [-0.39, 0.29) is 12.3 Å². The Morgan fingerprint density at radius 1 is 1.21 bits per heavy atom. The number of carbonyl (C=O) groups excluding carboxylic acids is 2. The van der Waals surface area contributed by atoms with Crippen molar-refractivity contribution in [3.8, 4) is 6.07 Å². The number of ether oxygens (including phenoxy) is 1. The summed E-state index contributed by atoms with van der Waals surface area (Å²) in [5, 5.41) is 8.58. The molecule has 6 nitrogen and oxygen atoms in total. The maximum absolute atomic E-state index is 12.1. The van der Waals surface area contributed by atoms with Gasteiger partial charge in [0.05, 0.1) is 12.5 Å². The smallest absolute Gasteiger partial charge is 0.331 e. The second-order valence-electron chi connectivity index (χ2n) is 7.07. The summed E-state index contributed by atoms with van der Waals surface area (Å²) < 4.78 is 5.16. The number of nitrogens with zero attached hydrogens (tertiary/aromatic N) is 3. The highest BCUT2D eigenvalue weighted by molar-refractivity contribution is 5.90. The largest absolute Gasteiger partial charge is 0.449 e. The normalized spacial score (nSPS) is 15.5. The van der Waals surface area contributed by atoms with E-state index in [1.54, 1.807) is 13.1 Å². The minimum Gasteiger partial charge on any atom is -0.449 e. The van der Waals surface area contributed by atoms with Crippen molar-refractivity contribution in [1.29, 1.82) is 5.26 Å². The van der Waals surface area contributed by atoms with Gasteiger partial charge in [-0.25, -0.2) is 4.79 Å². The summed E-state index contributed by atoms with van der Waals surface area (Å²) in [7, 11) is 1.59. The molecule has 1 heterocycles. The van der Waals surface area contributed by atoms with Crippen LogP contribution in [-0.4, -0.2) is 49.6 Å². The summed E-state index contributed by atoms with van der Waals surface area (Å²) in [5.41, 5.74) is 2.11. The molecule has 1 amide bonds. The molecule has 0 bridgehead atoms. The van der Waals surface area contributed by atoms with Crippen LogP contribution < -0.4 is 4.90 Å². The van der Waals surface area contributed by atoms with Crippen LogP contribution in [0.5, 0.6) is 0 Å². The first-order valence-corrected chi connectivity index (χ1v) is 9.87. The minimum absolute atomic E-state index is 0.246. The standard InChI is InChI=1S/C22H29N3O3/c1-18(22(27)24(2)15-7-14-23)28-21(26)13-10-19-8-11-20(12-9-19)25-16-5-3-4-6-17-25/h8-13,18H,3-7,15-17H2,1-2H3/b13-10+/t18-/m1/s1. The Morgan fingerprint density at radius 3 is 2.46 bits per heavy atom. The molecule has 0 saturated carbocycles. The third-order valence-corrected chi connectivity index (χ3v) is 4.85. The number of carbonyl (C=O) groups is 2. The average Bonchev–Trinajstić information content (AvgIpc) is 2.99. The Labute approximate surface area is 167 Å². The van der Waals surface area contributed by atoms with E-state index in [0.29, 0.717) is 6.54 Å². The molecule has 1 fully saturated rings. The maximum atomic E-state index is 12.1. The first kappa shape index (κ1) is 21.5. The zero-order valence-electron chi connectivity index (χ0n) is 16.8. The lowest BCUT2D eigenvalue weighted by Crippen LogP contribution is -2.37. The molecule has 28 heavy (non-hydrogen) atoms. The SMILES string of the molecule is C[C@@H](OC(=O)/C=C/c1ccc(N2CCCCCC2)cc1)C(=O)N(C)CCC#N. The number of amides is 1.